The van der Waals surface area contributed by atoms with Gasteiger partial charge in [0.15, 0.2) is 0 Å². The maximum Gasteiger partial charge on any atom is 0.472 e. The summed E-state index contributed by atoms with van der Waals surface area (Å²) in [5.74, 6) is -0.286. The van der Waals surface area contributed by atoms with Gasteiger partial charge in [-0.05, 0) is 122 Å². The Morgan fingerprint density at radius 2 is 0.805 bits per heavy atom. The maximum absolute atomic E-state index is 13.0. The first kappa shape index (κ1) is 73.3. The van der Waals surface area contributed by atoms with Crippen molar-refractivity contribution in [2.24, 2.45) is 0 Å². The van der Waals surface area contributed by atoms with Crippen molar-refractivity contribution >= 4 is 13.7 Å². The highest BCUT2D eigenvalue weighted by Crippen LogP contribution is 2.43. The zero-order valence-corrected chi connectivity index (χ0v) is 50.4. The van der Waals surface area contributed by atoms with Gasteiger partial charge in [0.25, 0.3) is 0 Å². The van der Waals surface area contributed by atoms with E-state index in [-0.39, 0.29) is 18.9 Å². The zero-order chi connectivity index (χ0) is 56.4. The number of hydrogen-bond acceptors (Lipinski definition) is 6. The third kappa shape index (κ3) is 56.9. The lowest BCUT2D eigenvalue weighted by molar-refractivity contribution is -0.870. The number of likely N-dealkylation sites (N-methyl/N-ethyl adjacent to an activating group) is 1. The highest BCUT2D eigenvalue weighted by molar-refractivity contribution is 7.47. The van der Waals surface area contributed by atoms with E-state index in [1.165, 1.54) is 64.2 Å². The Labute approximate surface area is 472 Å². The fourth-order valence-corrected chi connectivity index (χ4v) is 8.65. The van der Waals surface area contributed by atoms with E-state index in [0.29, 0.717) is 30.3 Å². The molecule has 0 radical (unpaired) electrons. The first-order chi connectivity index (χ1) is 37.4. The molecule has 4 atom stereocenters. The van der Waals surface area contributed by atoms with E-state index in [4.69, 9.17) is 9.05 Å². The molecule has 0 aromatic heterocycles. The van der Waals surface area contributed by atoms with Crippen molar-refractivity contribution in [2.75, 3.05) is 40.9 Å². The van der Waals surface area contributed by atoms with Crippen LogP contribution in [0.4, 0.5) is 0 Å². The number of nitrogens with one attached hydrogen (secondary N) is 1. The molecule has 4 N–H and O–H groups in total. The minimum atomic E-state index is -4.44. The molecule has 4 unspecified atom stereocenters. The average molecular weight is 1090 g/mol. The number of carbonyl (C=O) groups is 1. The number of amides is 1. The molecule has 0 bridgehead atoms. The predicted molar refractivity (Wildman–Crippen MR) is 333 cm³/mol. The summed E-state index contributed by atoms with van der Waals surface area (Å²) in [6.45, 7) is 4.43. The van der Waals surface area contributed by atoms with Crippen LogP contribution in [0, 0.1) is 0 Å². The summed E-state index contributed by atoms with van der Waals surface area (Å²) in [5.41, 5.74) is 0. The molecule has 9 nitrogen and oxygen atoms in total. The van der Waals surface area contributed by atoms with Gasteiger partial charge in [-0.1, -0.05) is 230 Å². The van der Waals surface area contributed by atoms with Gasteiger partial charge < -0.3 is 24.9 Å². The fraction of sp³-hybridized carbons (Fsp3) is 0.627. The van der Waals surface area contributed by atoms with Gasteiger partial charge in [-0.25, -0.2) is 4.57 Å². The summed E-state index contributed by atoms with van der Waals surface area (Å²) in [7, 11) is 1.39. The first-order valence-electron chi connectivity index (χ1n) is 30.3. The molecule has 0 aromatic carbocycles. The van der Waals surface area contributed by atoms with Gasteiger partial charge in [-0.15, -0.1) is 0 Å². The predicted octanol–water partition coefficient (Wildman–Crippen LogP) is 17.8. The van der Waals surface area contributed by atoms with E-state index >= 15 is 0 Å². The lowest BCUT2D eigenvalue weighted by atomic mass is 10.0. The number of carbonyl (C=O) groups excluding carboxylic acids is 1. The minimum Gasteiger partial charge on any atom is -0.390 e. The van der Waals surface area contributed by atoms with Crippen LogP contribution in [0.5, 0.6) is 0 Å². The smallest absolute Gasteiger partial charge is 0.390 e. The van der Waals surface area contributed by atoms with Gasteiger partial charge in [-0.3, -0.25) is 13.8 Å². The summed E-state index contributed by atoms with van der Waals surface area (Å²) >= 11 is 0. The molecule has 0 fully saturated rings. The van der Waals surface area contributed by atoms with Crippen molar-refractivity contribution in [1.29, 1.82) is 0 Å². The summed E-state index contributed by atoms with van der Waals surface area (Å²) in [6, 6.07) is -1.07. The number of allylic oxidation sites excluding steroid dienone is 24. The number of unbranched alkanes of at least 4 members (excludes halogenated alkanes) is 15. The van der Waals surface area contributed by atoms with Gasteiger partial charge in [0.2, 0.25) is 5.91 Å². The molecule has 0 spiro atoms. The third-order valence-electron chi connectivity index (χ3n) is 12.7. The molecule has 0 saturated carbocycles. The Kier molecular flexibility index (Phi) is 53.0. The summed E-state index contributed by atoms with van der Waals surface area (Å²) in [5, 5.41) is 24.8. The van der Waals surface area contributed by atoms with Crippen LogP contribution in [0.1, 0.15) is 213 Å². The minimum absolute atomic E-state index is 0.00670. The number of aliphatic hydroxyl groups excluding tert-OH is 2. The third-order valence-corrected chi connectivity index (χ3v) is 13.6. The number of hydrogen-bond donors (Lipinski definition) is 4. The molecular formula is C67H114N2O7P+. The molecule has 10 heteroatoms. The molecule has 0 aliphatic rings. The van der Waals surface area contributed by atoms with Crippen LogP contribution in [0.25, 0.3) is 0 Å². The van der Waals surface area contributed by atoms with E-state index in [1.54, 1.807) is 0 Å². The van der Waals surface area contributed by atoms with Crippen molar-refractivity contribution in [2.45, 2.75) is 231 Å². The van der Waals surface area contributed by atoms with Crippen LogP contribution in [0.3, 0.4) is 0 Å². The molecule has 1 amide bonds. The van der Waals surface area contributed by atoms with Crippen molar-refractivity contribution in [3.63, 3.8) is 0 Å². The fourth-order valence-electron chi connectivity index (χ4n) is 7.91. The molecule has 0 saturated heterocycles. The Hall–Kier alpha value is -3.66. The molecular weight excluding hydrogens is 976 g/mol. The van der Waals surface area contributed by atoms with Crippen LogP contribution >= 0.6 is 7.82 Å². The van der Waals surface area contributed by atoms with Crippen LogP contribution in [0.2, 0.25) is 0 Å². The normalized spacial score (nSPS) is 15.3. The second-order valence-electron chi connectivity index (χ2n) is 21.1. The number of phosphoric ester groups is 1. The van der Waals surface area contributed by atoms with Crippen molar-refractivity contribution in [3.05, 3.63) is 146 Å². The average Bonchev–Trinajstić information content (AvgIpc) is 3.39. The lowest BCUT2D eigenvalue weighted by Crippen LogP contribution is -2.51. The summed E-state index contributed by atoms with van der Waals surface area (Å²) in [6.07, 6.45) is 82.4. The number of phosphoric acid groups is 1. The highest BCUT2D eigenvalue weighted by Gasteiger charge is 2.31. The van der Waals surface area contributed by atoms with Gasteiger partial charge in [0.1, 0.15) is 19.3 Å². The van der Waals surface area contributed by atoms with Crippen LogP contribution in [-0.2, 0) is 18.4 Å². The molecule has 438 valence electrons. The van der Waals surface area contributed by atoms with E-state index in [2.05, 4.69) is 165 Å². The topological polar surface area (TPSA) is 125 Å². The standard InChI is InChI=1S/C67H113N2O7P/c1-6-8-10-12-14-16-18-20-21-22-23-24-25-26-27-28-29-30-31-32-33-34-35-36-37-38-39-40-41-42-43-44-45-46-47-48-50-52-54-56-58-60-66(71)68-64(63-76-77(73,74)75-62-61-69(3,4)5)67(72)65(70)59-57-55-53-51-49-19-17-15-13-11-9-7-2/h8,10,14,16,20-21,23-24,26-27,29-30,32-33,35-36,38-39,41-42,44-45,51,53,64-65,67,70,72H,6-7,9,11-13,15,17-19,22,25,28,31,34,37,40,43,46-50,52,54-63H2,1-5H3,(H-,68,71,73,74)/p+1/b10-8-,16-14-,21-20-,24-23-,27-26-,30-29-,33-32-,36-35-,39-38-,42-41-,45-44-,53-51+. The number of aliphatic hydroxyl groups is 2. The van der Waals surface area contributed by atoms with Gasteiger partial charge in [0.05, 0.1) is 39.9 Å². The molecule has 0 aliphatic carbocycles. The molecule has 0 aromatic rings. The SMILES string of the molecule is CC/C=C\C/C=C\C/C=C\C/C=C\C/C=C\C/C=C\C/C=C\C/C=C\C/C=C\C/C=C\C/C=C\CCCCCCCCCC(=O)NC(COP(=O)(O)OCC[N+](C)(C)C)C(O)C(O)CCC/C=C/CCCCCCCCC. The molecule has 77 heavy (non-hydrogen) atoms. The van der Waals surface area contributed by atoms with E-state index in [0.717, 1.165) is 109 Å². The Morgan fingerprint density at radius 1 is 0.468 bits per heavy atom. The van der Waals surface area contributed by atoms with Gasteiger partial charge in [0, 0.05) is 6.42 Å². The Morgan fingerprint density at radius 3 is 1.19 bits per heavy atom. The van der Waals surface area contributed by atoms with Crippen LogP contribution < -0.4 is 5.32 Å². The molecule has 0 heterocycles. The van der Waals surface area contributed by atoms with Crippen molar-refractivity contribution < 1.29 is 38.0 Å². The molecule has 0 aliphatic heterocycles. The van der Waals surface area contributed by atoms with Crippen LogP contribution in [-0.4, -0.2) is 84.6 Å². The van der Waals surface area contributed by atoms with Crippen molar-refractivity contribution in [3.8, 4) is 0 Å². The second kappa shape index (κ2) is 55.6. The summed E-state index contributed by atoms with van der Waals surface area (Å²) in [4.78, 5) is 23.3. The lowest BCUT2D eigenvalue weighted by Gasteiger charge is -2.28. The molecule has 0 rings (SSSR count). The number of quaternary nitrogens is 1. The largest absolute Gasteiger partial charge is 0.472 e. The zero-order valence-electron chi connectivity index (χ0n) is 49.5. The monoisotopic (exact) mass is 1090 g/mol. The van der Waals surface area contributed by atoms with Crippen LogP contribution in [0.15, 0.2) is 146 Å². The quantitative estimate of drug-likeness (QED) is 0.0207. The Balaban J connectivity index is 4.20. The van der Waals surface area contributed by atoms with Gasteiger partial charge >= 0.3 is 7.82 Å². The van der Waals surface area contributed by atoms with E-state index < -0.39 is 32.7 Å². The van der Waals surface area contributed by atoms with Crippen molar-refractivity contribution in [1.82, 2.24) is 5.32 Å². The van der Waals surface area contributed by atoms with Gasteiger partial charge in [-0.2, -0.15) is 0 Å². The summed E-state index contributed by atoms with van der Waals surface area (Å²) < 4.78 is 23.6. The maximum atomic E-state index is 13.0. The Bertz CT molecular complexity index is 1780. The van der Waals surface area contributed by atoms with E-state index in [9.17, 15) is 24.5 Å². The number of nitrogens with zero attached hydrogens (tertiary/aromatic N) is 1. The van der Waals surface area contributed by atoms with E-state index in [1.807, 2.05) is 21.1 Å². The first-order valence-corrected chi connectivity index (χ1v) is 31.8. The number of rotatable bonds is 53. The second-order valence-corrected chi connectivity index (χ2v) is 22.6. The highest BCUT2D eigenvalue weighted by atomic mass is 31.2.